The molecule has 104 valence electrons. The Bertz CT molecular complexity index is 466. The molecule has 1 saturated heterocycles. The number of hydrogen-bond acceptors (Lipinski definition) is 5. The van der Waals surface area contributed by atoms with Gasteiger partial charge in [0, 0.05) is 18.3 Å². The topological polar surface area (TPSA) is 55.3 Å². The van der Waals surface area contributed by atoms with Crippen LogP contribution in [0.2, 0.25) is 0 Å². The molecule has 1 aliphatic rings. The zero-order valence-electron chi connectivity index (χ0n) is 12.0. The van der Waals surface area contributed by atoms with E-state index in [0.717, 1.165) is 12.8 Å². The van der Waals surface area contributed by atoms with Gasteiger partial charge in [0.15, 0.2) is 0 Å². The van der Waals surface area contributed by atoms with E-state index in [9.17, 15) is 4.79 Å². The lowest BCUT2D eigenvalue weighted by molar-refractivity contribution is 0.0599. The molecule has 0 saturated carbocycles. The molecule has 0 N–H and O–H groups in total. The van der Waals surface area contributed by atoms with E-state index in [-0.39, 0.29) is 5.97 Å². The number of carbonyl (C=O) groups is 1. The fourth-order valence-corrected chi connectivity index (χ4v) is 2.71. The van der Waals surface area contributed by atoms with E-state index in [4.69, 9.17) is 4.74 Å². The zero-order valence-corrected chi connectivity index (χ0v) is 12.0. The summed E-state index contributed by atoms with van der Waals surface area (Å²) in [7, 11) is 1.37. The number of esters is 1. The van der Waals surface area contributed by atoms with Crippen molar-refractivity contribution >= 4 is 11.9 Å². The van der Waals surface area contributed by atoms with Gasteiger partial charge in [-0.1, -0.05) is 0 Å². The van der Waals surface area contributed by atoms with Crippen molar-refractivity contribution < 1.29 is 9.53 Å². The van der Waals surface area contributed by atoms with Crippen LogP contribution in [-0.4, -0.2) is 35.1 Å². The molecule has 0 amide bonds. The van der Waals surface area contributed by atoms with Crippen molar-refractivity contribution in [1.82, 2.24) is 9.97 Å². The molecule has 5 nitrogen and oxygen atoms in total. The van der Waals surface area contributed by atoms with Crippen molar-refractivity contribution in [3.05, 3.63) is 17.5 Å². The van der Waals surface area contributed by atoms with Gasteiger partial charge >= 0.3 is 5.97 Å². The van der Waals surface area contributed by atoms with Crippen LogP contribution in [0.3, 0.4) is 0 Å². The average Bonchev–Trinajstić information content (AvgIpc) is 2.38. The first kappa shape index (κ1) is 13.8. The quantitative estimate of drug-likeness (QED) is 0.767. The average molecular weight is 263 g/mol. The van der Waals surface area contributed by atoms with E-state index in [1.807, 2.05) is 6.92 Å². The minimum Gasteiger partial charge on any atom is -0.465 e. The Morgan fingerprint density at radius 2 is 2.00 bits per heavy atom. The fourth-order valence-electron chi connectivity index (χ4n) is 2.71. The maximum Gasteiger partial charge on any atom is 0.341 e. The lowest BCUT2D eigenvalue weighted by atomic mass is 9.98. The van der Waals surface area contributed by atoms with Crippen LogP contribution in [0.25, 0.3) is 0 Å². The SMILES string of the molecule is COC(=O)c1cnc(N2[C@@H](C)CCC[C@@H]2C)nc1C. The van der Waals surface area contributed by atoms with Crippen molar-refractivity contribution in [2.45, 2.75) is 52.1 Å². The van der Waals surface area contributed by atoms with Gasteiger partial charge in [-0.2, -0.15) is 0 Å². The third-order valence-electron chi connectivity index (χ3n) is 3.80. The number of nitrogens with zero attached hydrogens (tertiary/aromatic N) is 3. The maximum absolute atomic E-state index is 11.5. The Labute approximate surface area is 114 Å². The predicted molar refractivity (Wildman–Crippen MR) is 73.4 cm³/mol. The Balaban J connectivity index is 2.30. The molecule has 2 atom stereocenters. The Kier molecular flexibility index (Phi) is 4.02. The van der Waals surface area contributed by atoms with Crippen LogP contribution >= 0.6 is 0 Å². The summed E-state index contributed by atoms with van der Waals surface area (Å²) in [5, 5.41) is 0. The summed E-state index contributed by atoms with van der Waals surface area (Å²) in [6.45, 7) is 6.21. The van der Waals surface area contributed by atoms with Crippen LogP contribution in [0.4, 0.5) is 5.95 Å². The first-order chi connectivity index (χ1) is 9.04. The second-order valence-corrected chi connectivity index (χ2v) is 5.20. The molecular formula is C14H21N3O2. The van der Waals surface area contributed by atoms with Gasteiger partial charge in [-0.3, -0.25) is 0 Å². The van der Waals surface area contributed by atoms with E-state index >= 15 is 0 Å². The lowest BCUT2D eigenvalue weighted by Crippen LogP contribution is -2.45. The number of ether oxygens (including phenoxy) is 1. The summed E-state index contributed by atoms with van der Waals surface area (Å²) in [6.07, 6.45) is 5.13. The van der Waals surface area contributed by atoms with E-state index in [2.05, 4.69) is 28.7 Å². The van der Waals surface area contributed by atoms with Gasteiger partial charge in [-0.25, -0.2) is 14.8 Å². The third-order valence-corrected chi connectivity index (χ3v) is 3.80. The Hall–Kier alpha value is -1.65. The van der Waals surface area contributed by atoms with Gasteiger partial charge in [0.05, 0.1) is 18.4 Å². The van der Waals surface area contributed by atoms with E-state index in [1.165, 1.54) is 13.5 Å². The maximum atomic E-state index is 11.5. The van der Waals surface area contributed by atoms with Crippen LogP contribution < -0.4 is 4.90 Å². The van der Waals surface area contributed by atoms with Crippen LogP contribution in [0.15, 0.2) is 6.20 Å². The number of carbonyl (C=O) groups excluding carboxylic acids is 1. The highest BCUT2D eigenvalue weighted by Crippen LogP contribution is 2.26. The molecule has 1 aliphatic heterocycles. The van der Waals surface area contributed by atoms with Crippen LogP contribution in [0.5, 0.6) is 0 Å². The van der Waals surface area contributed by atoms with Gasteiger partial charge in [-0.15, -0.1) is 0 Å². The number of aryl methyl sites for hydroxylation is 1. The van der Waals surface area contributed by atoms with Crippen molar-refractivity contribution in [3.63, 3.8) is 0 Å². The number of piperidine rings is 1. The molecule has 2 rings (SSSR count). The molecule has 0 unspecified atom stereocenters. The van der Waals surface area contributed by atoms with Gasteiger partial charge in [0.2, 0.25) is 5.95 Å². The number of rotatable bonds is 2. The molecule has 1 aromatic rings. The highest BCUT2D eigenvalue weighted by atomic mass is 16.5. The summed E-state index contributed by atoms with van der Waals surface area (Å²) < 4.78 is 4.71. The molecule has 1 fully saturated rings. The van der Waals surface area contributed by atoms with E-state index in [0.29, 0.717) is 29.3 Å². The summed E-state index contributed by atoms with van der Waals surface area (Å²) in [6, 6.07) is 0.874. The van der Waals surface area contributed by atoms with Crippen molar-refractivity contribution in [2.75, 3.05) is 12.0 Å². The number of methoxy groups -OCH3 is 1. The molecule has 2 heterocycles. The van der Waals surface area contributed by atoms with Crippen LogP contribution in [-0.2, 0) is 4.74 Å². The molecule has 0 bridgehead atoms. The van der Waals surface area contributed by atoms with Crippen molar-refractivity contribution in [2.24, 2.45) is 0 Å². The smallest absolute Gasteiger partial charge is 0.341 e. The minimum atomic E-state index is -0.385. The Morgan fingerprint density at radius 3 is 2.53 bits per heavy atom. The van der Waals surface area contributed by atoms with Gasteiger partial charge in [-0.05, 0) is 40.0 Å². The van der Waals surface area contributed by atoms with Gasteiger partial charge in [0.1, 0.15) is 0 Å². The molecule has 5 heteroatoms. The second-order valence-electron chi connectivity index (χ2n) is 5.20. The monoisotopic (exact) mass is 263 g/mol. The second kappa shape index (κ2) is 5.55. The van der Waals surface area contributed by atoms with Crippen LogP contribution in [0.1, 0.15) is 49.2 Å². The van der Waals surface area contributed by atoms with Crippen molar-refractivity contribution in [3.8, 4) is 0 Å². The molecule has 19 heavy (non-hydrogen) atoms. The largest absolute Gasteiger partial charge is 0.465 e. The summed E-state index contributed by atoms with van der Waals surface area (Å²) in [5.41, 5.74) is 1.10. The third kappa shape index (κ3) is 2.69. The molecule has 1 aromatic heterocycles. The first-order valence-corrected chi connectivity index (χ1v) is 6.75. The molecule has 0 radical (unpaired) electrons. The molecule has 0 aliphatic carbocycles. The molecular weight excluding hydrogens is 242 g/mol. The summed E-state index contributed by atoms with van der Waals surface area (Å²) in [4.78, 5) is 22.6. The standard InChI is InChI=1S/C14H21N3O2/c1-9-6-5-7-10(2)17(9)14-15-8-12(11(3)16-14)13(18)19-4/h8-10H,5-7H2,1-4H3/t9-,10-/m0/s1. The predicted octanol–water partition coefficient (Wildman–Crippen LogP) is 2.34. The minimum absolute atomic E-state index is 0.385. The van der Waals surface area contributed by atoms with Crippen LogP contribution in [0, 0.1) is 6.92 Å². The summed E-state index contributed by atoms with van der Waals surface area (Å²) >= 11 is 0. The molecule has 0 aromatic carbocycles. The first-order valence-electron chi connectivity index (χ1n) is 6.75. The number of aromatic nitrogens is 2. The number of hydrogen-bond donors (Lipinski definition) is 0. The summed E-state index contributed by atoms with van der Waals surface area (Å²) in [5.74, 6) is 0.327. The Morgan fingerprint density at radius 1 is 1.37 bits per heavy atom. The highest BCUT2D eigenvalue weighted by Gasteiger charge is 2.27. The van der Waals surface area contributed by atoms with E-state index < -0.39 is 0 Å². The fraction of sp³-hybridized carbons (Fsp3) is 0.643. The number of anilines is 1. The normalized spacial score (nSPS) is 23.3. The highest BCUT2D eigenvalue weighted by molar-refractivity contribution is 5.90. The molecule has 0 spiro atoms. The van der Waals surface area contributed by atoms with Crippen molar-refractivity contribution in [1.29, 1.82) is 0 Å². The van der Waals surface area contributed by atoms with Gasteiger partial charge in [0.25, 0.3) is 0 Å². The zero-order chi connectivity index (χ0) is 14.0. The van der Waals surface area contributed by atoms with E-state index in [1.54, 1.807) is 6.20 Å². The lowest BCUT2D eigenvalue weighted by Gasteiger charge is -2.39. The van der Waals surface area contributed by atoms with Gasteiger partial charge < -0.3 is 9.64 Å².